The van der Waals surface area contributed by atoms with E-state index in [-0.39, 0.29) is 0 Å². The Labute approximate surface area is 201 Å². The summed E-state index contributed by atoms with van der Waals surface area (Å²) in [6.07, 6.45) is 0. The van der Waals surface area contributed by atoms with Crippen LogP contribution in [-0.2, 0) is 0 Å². The number of methoxy groups -OCH3 is 3. The molecule has 7 aromatic rings. The largest absolute Gasteiger partial charge is 0.493 e. The van der Waals surface area contributed by atoms with E-state index in [1.54, 1.807) is 21.3 Å². The smallest absolute Gasteiger partial charge is 0.204 e. The van der Waals surface area contributed by atoms with E-state index >= 15 is 0 Å². The summed E-state index contributed by atoms with van der Waals surface area (Å²) in [4.78, 5) is 5.28. The van der Waals surface area contributed by atoms with Crippen molar-refractivity contribution >= 4 is 59.9 Å². The fraction of sp³-hybridized carbons (Fsp3) is 0.100. The van der Waals surface area contributed by atoms with Crippen molar-refractivity contribution in [3.8, 4) is 17.2 Å². The van der Waals surface area contributed by atoms with Crippen molar-refractivity contribution in [2.75, 3.05) is 21.3 Å². The Morgan fingerprint density at radius 1 is 0.600 bits per heavy atom. The van der Waals surface area contributed by atoms with Crippen molar-refractivity contribution < 1.29 is 14.2 Å². The maximum Gasteiger partial charge on any atom is 0.204 e. The van der Waals surface area contributed by atoms with Crippen molar-refractivity contribution in [2.24, 2.45) is 0 Å². The molecule has 0 saturated heterocycles. The Balaban J connectivity index is 1.89. The van der Waals surface area contributed by atoms with Crippen LogP contribution in [0.1, 0.15) is 0 Å². The fourth-order valence-electron chi connectivity index (χ4n) is 5.60. The quantitative estimate of drug-likeness (QED) is 0.264. The summed E-state index contributed by atoms with van der Waals surface area (Å²) in [7, 11) is 4.96. The lowest BCUT2D eigenvalue weighted by atomic mass is 9.99. The number of pyridine rings is 1. The van der Waals surface area contributed by atoms with Gasteiger partial charge in [0.1, 0.15) is 5.65 Å². The molecule has 0 atom stereocenters. The van der Waals surface area contributed by atoms with Crippen LogP contribution in [0.3, 0.4) is 0 Å². The molecule has 0 amide bonds. The van der Waals surface area contributed by atoms with E-state index in [1.165, 1.54) is 10.8 Å². The number of ether oxygens (including phenoxy) is 3. The first kappa shape index (κ1) is 19.9. The van der Waals surface area contributed by atoms with Gasteiger partial charge in [-0.05, 0) is 16.2 Å². The second-order valence-corrected chi connectivity index (χ2v) is 8.64. The molecule has 2 aromatic heterocycles. The molecule has 35 heavy (non-hydrogen) atoms. The van der Waals surface area contributed by atoms with E-state index in [0.29, 0.717) is 17.2 Å². The number of nitrogens with zero attached hydrogens (tertiary/aromatic N) is 2. The van der Waals surface area contributed by atoms with Gasteiger partial charge in [0.25, 0.3) is 0 Å². The number of imidazole rings is 1. The Kier molecular flexibility index (Phi) is 4.12. The molecule has 5 nitrogen and oxygen atoms in total. The Morgan fingerprint density at radius 2 is 1.17 bits per heavy atom. The first-order valence-electron chi connectivity index (χ1n) is 11.5. The van der Waals surface area contributed by atoms with Gasteiger partial charge in [-0.25, -0.2) is 4.98 Å². The van der Waals surface area contributed by atoms with Crippen molar-refractivity contribution in [1.82, 2.24) is 9.38 Å². The number of fused-ring (bicyclic) bond motifs is 13. The third-order valence-electron chi connectivity index (χ3n) is 7.02. The molecule has 5 heteroatoms. The second kappa shape index (κ2) is 7.24. The van der Waals surface area contributed by atoms with Crippen LogP contribution < -0.4 is 14.2 Å². The molecule has 0 radical (unpaired) electrons. The fourth-order valence-corrected chi connectivity index (χ4v) is 5.60. The molecular weight excluding hydrogens is 436 g/mol. The second-order valence-electron chi connectivity index (χ2n) is 8.64. The first-order chi connectivity index (χ1) is 17.3. The molecule has 0 aliphatic rings. The molecule has 0 aliphatic carbocycles. The highest BCUT2D eigenvalue weighted by Crippen LogP contribution is 2.48. The van der Waals surface area contributed by atoms with Crippen LogP contribution in [0, 0.1) is 0 Å². The van der Waals surface area contributed by atoms with E-state index in [0.717, 1.165) is 49.1 Å². The maximum absolute atomic E-state index is 5.96. The first-order valence-corrected chi connectivity index (χ1v) is 11.5. The van der Waals surface area contributed by atoms with Crippen LogP contribution in [0.25, 0.3) is 59.9 Å². The molecule has 7 rings (SSSR count). The lowest BCUT2D eigenvalue weighted by Crippen LogP contribution is -2.00. The van der Waals surface area contributed by atoms with Gasteiger partial charge < -0.3 is 14.2 Å². The summed E-state index contributed by atoms with van der Waals surface area (Å²) >= 11 is 0. The van der Waals surface area contributed by atoms with Gasteiger partial charge in [-0.2, -0.15) is 0 Å². The molecule has 0 aliphatic heterocycles. The highest BCUT2D eigenvalue weighted by Gasteiger charge is 2.24. The molecule has 0 spiro atoms. The summed E-state index contributed by atoms with van der Waals surface area (Å²) < 4.78 is 19.7. The summed E-state index contributed by atoms with van der Waals surface area (Å²) in [5, 5.41) is 7.75. The minimum absolute atomic E-state index is 0.576. The maximum atomic E-state index is 5.96. The van der Waals surface area contributed by atoms with Crippen LogP contribution in [0.5, 0.6) is 17.2 Å². The van der Waals surface area contributed by atoms with Crippen LogP contribution in [-0.4, -0.2) is 30.7 Å². The summed E-state index contributed by atoms with van der Waals surface area (Å²) in [6, 6.07) is 27.4. The van der Waals surface area contributed by atoms with E-state index in [4.69, 9.17) is 19.2 Å². The van der Waals surface area contributed by atoms with Gasteiger partial charge in [-0.1, -0.05) is 72.8 Å². The van der Waals surface area contributed by atoms with Crippen LogP contribution in [0.15, 0.2) is 78.9 Å². The lowest BCUT2D eigenvalue weighted by molar-refractivity contribution is 0.327. The van der Waals surface area contributed by atoms with Crippen LogP contribution in [0.2, 0.25) is 0 Å². The van der Waals surface area contributed by atoms with Crippen LogP contribution >= 0.6 is 0 Å². The number of hydrogen-bond donors (Lipinski definition) is 0. The molecule has 5 aromatic carbocycles. The molecule has 0 unspecified atom stereocenters. The zero-order valence-corrected chi connectivity index (χ0v) is 19.6. The van der Waals surface area contributed by atoms with E-state index in [9.17, 15) is 0 Å². The summed E-state index contributed by atoms with van der Waals surface area (Å²) in [5.74, 6) is 1.83. The van der Waals surface area contributed by atoms with Crippen LogP contribution in [0.4, 0.5) is 0 Å². The highest BCUT2D eigenvalue weighted by molar-refractivity contribution is 6.26. The average Bonchev–Trinajstić information content (AvgIpc) is 3.33. The Bertz CT molecular complexity index is 1970. The predicted molar refractivity (Wildman–Crippen MR) is 142 cm³/mol. The number of hydrogen-bond acceptors (Lipinski definition) is 4. The van der Waals surface area contributed by atoms with Crippen molar-refractivity contribution in [3.63, 3.8) is 0 Å². The lowest BCUT2D eigenvalue weighted by Gasteiger charge is -2.18. The molecule has 2 heterocycles. The molecule has 0 N–H and O–H groups in total. The minimum atomic E-state index is 0.576. The van der Waals surface area contributed by atoms with Crippen molar-refractivity contribution in [1.29, 1.82) is 0 Å². The number of aromatic nitrogens is 2. The number of benzene rings is 5. The third-order valence-corrected chi connectivity index (χ3v) is 7.02. The standard InChI is InChI=1S/C30H22N2O3/c1-33-24-16-23-25(29(35-3)28(24)34-2)19-12-6-9-15-22(19)30-31-26-20-13-7-4-10-17(20)18-11-5-8-14-21(18)27(26)32(23)30/h4-16H,1-3H3. The molecule has 0 bridgehead atoms. The zero-order valence-electron chi connectivity index (χ0n) is 19.6. The monoisotopic (exact) mass is 458 g/mol. The topological polar surface area (TPSA) is 45.0 Å². The van der Waals surface area contributed by atoms with E-state index in [1.807, 2.05) is 12.1 Å². The normalized spacial score (nSPS) is 11.9. The SMILES string of the molecule is COc1cc2c(c(OC)c1OC)c1ccccc1c1nc3c4ccccc4c4ccccc4c3n21. The van der Waals surface area contributed by atoms with Gasteiger partial charge >= 0.3 is 0 Å². The highest BCUT2D eigenvalue weighted by atomic mass is 16.5. The van der Waals surface area contributed by atoms with Gasteiger partial charge in [0.05, 0.1) is 43.3 Å². The molecule has 170 valence electrons. The number of rotatable bonds is 3. The average molecular weight is 459 g/mol. The van der Waals surface area contributed by atoms with Gasteiger partial charge in [-0.15, -0.1) is 0 Å². The minimum Gasteiger partial charge on any atom is -0.493 e. The van der Waals surface area contributed by atoms with Crippen molar-refractivity contribution in [2.45, 2.75) is 0 Å². The molecular formula is C30H22N2O3. The van der Waals surface area contributed by atoms with Gasteiger partial charge in [-0.3, -0.25) is 4.40 Å². The Hall–Kier alpha value is -4.51. The Morgan fingerprint density at radius 3 is 1.83 bits per heavy atom. The van der Waals surface area contributed by atoms with Crippen molar-refractivity contribution in [3.05, 3.63) is 78.9 Å². The molecule has 0 saturated carbocycles. The summed E-state index contributed by atoms with van der Waals surface area (Å²) in [6.45, 7) is 0. The molecule has 0 fully saturated rings. The summed E-state index contributed by atoms with van der Waals surface area (Å²) in [5.41, 5.74) is 3.90. The van der Waals surface area contributed by atoms with Gasteiger partial charge in [0.2, 0.25) is 5.75 Å². The third kappa shape index (κ3) is 2.50. The van der Waals surface area contributed by atoms with Gasteiger partial charge in [0.15, 0.2) is 11.5 Å². The predicted octanol–water partition coefficient (Wildman–Crippen LogP) is 7.13. The van der Waals surface area contributed by atoms with E-state index in [2.05, 4.69) is 71.1 Å². The zero-order chi connectivity index (χ0) is 23.7. The van der Waals surface area contributed by atoms with E-state index < -0.39 is 0 Å². The van der Waals surface area contributed by atoms with Gasteiger partial charge in [0, 0.05) is 22.2 Å².